The van der Waals surface area contributed by atoms with Gasteiger partial charge in [0.05, 0.1) is 4.92 Å². The summed E-state index contributed by atoms with van der Waals surface area (Å²) in [7, 11) is 0. The van der Waals surface area contributed by atoms with Crippen LogP contribution in [0.25, 0.3) is 0 Å². The molecule has 1 fully saturated rings. The van der Waals surface area contributed by atoms with Gasteiger partial charge in [0.2, 0.25) is 5.91 Å². The molecule has 0 radical (unpaired) electrons. The second-order valence-corrected chi connectivity index (χ2v) is 5.47. The van der Waals surface area contributed by atoms with E-state index in [4.69, 9.17) is 0 Å². The number of amides is 1. The van der Waals surface area contributed by atoms with Gasteiger partial charge in [0, 0.05) is 25.6 Å². The number of halogens is 1. The Balaban J connectivity index is 0.00000264. The van der Waals surface area contributed by atoms with E-state index in [2.05, 4.69) is 16.0 Å². The number of nitro groups is 1. The van der Waals surface area contributed by atoms with Crippen LogP contribution in [0.3, 0.4) is 0 Å². The van der Waals surface area contributed by atoms with Gasteiger partial charge in [-0.2, -0.15) is 0 Å². The zero-order valence-electron chi connectivity index (χ0n) is 12.9. The van der Waals surface area contributed by atoms with Gasteiger partial charge in [0.1, 0.15) is 5.69 Å². The molecular formula is C15H23ClN4O3. The Morgan fingerprint density at radius 1 is 1.39 bits per heavy atom. The molecule has 1 unspecified atom stereocenters. The molecule has 0 aliphatic carbocycles. The van der Waals surface area contributed by atoms with E-state index in [0.29, 0.717) is 31.1 Å². The molecule has 0 spiro atoms. The molecule has 1 heterocycles. The van der Waals surface area contributed by atoms with Gasteiger partial charge in [0.25, 0.3) is 5.69 Å². The molecule has 1 amide bonds. The minimum atomic E-state index is -0.432. The number of piperidine rings is 1. The Kier molecular flexibility index (Phi) is 8.36. The molecule has 0 saturated carbocycles. The number of hydrogen-bond donors (Lipinski definition) is 3. The second-order valence-electron chi connectivity index (χ2n) is 5.47. The molecular weight excluding hydrogens is 320 g/mol. The summed E-state index contributed by atoms with van der Waals surface area (Å²) in [5.41, 5.74) is 0.466. The van der Waals surface area contributed by atoms with Crippen molar-refractivity contribution in [3.63, 3.8) is 0 Å². The van der Waals surface area contributed by atoms with Crippen molar-refractivity contribution in [3.8, 4) is 0 Å². The summed E-state index contributed by atoms with van der Waals surface area (Å²) >= 11 is 0. The fourth-order valence-corrected chi connectivity index (χ4v) is 2.54. The van der Waals surface area contributed by atoms with Gasteiger partial charge < -0.3 is 16.0 Å². The first-order valence-electron chi connectivity index (χ1n) is 7.61. The number of hydrogen-bond acceptors (Lipinski definition) is 5. The fraction of sp³-hybridized carbons (Fsp3) is 0.533. The van der Waals surface area contributed by atoms with Crippen molar-refractivity contribution in [2.45, 2.75) is 19.3 Å². The lowest BCUT2D eigenvalue weighted by atomic mass is 10.00. The first-order valence-corrected chi connectivity index (χ1v) is 7.61. The zero-order valence-corrected chi connectivity index (χ0v) is 13.7. The maximum absolute atomic E-state index is 11.8. The van der Waals surface area contributed by atoms with Gasteiger partial charge in [-0.1, -0.05) is 12.1 Å². The van der Waals surface area contributed by atoms with Crippen LogP contribution in [-0.2, 0) is 4.79 Å². The Morgan fingerprint density at radius 2 is 2.17 bits per heavy atom. The smallest absolute Gasteiger partial charge is 0.292 e. The molecule has 23 heavy (non-hydrogen) atoms. The lowest BCUT2D eigenvalue weighted by Crippen LogP contribution is -2.38. The molecule has 3 N–H and O–H groups in total. The van der Waals surface area contributed by atoms with Crippen molar-refractivity contribution in [2.24, 2.45) is 5.92 Å². The topological polar surface area (TPSA) is 96.3 Å². The SMILES string of the molecule is Cl.O=C(CCNc1ccccc1[N+](=O)[O-])NCC1CCCNC1. The summed E-state index contributed by atoms with van der Waals surface area (Å²) in [6.45, 7) is 3.08. The fourth-order valence-electron chi connectivity index (χ4n) is 2.54. The van der Waals surface area contributed by atoms with Gasteiger partial charge in [-0.05, 0) is 37.9 Å². The first kappa shape index (κ1) is 19.2. The van der Waals surface area contributed by atoms with Gasteiger partial charge >= 0.3 is 0 Å². The first-order chi connectivity index (χ1) is 10.7. The maximum Gasteiger partial charge on any atom is 0.292 e. The molecule has 0 aromatic heterocycles. The summed E-state index contributed by atoms with van der Waals surface area (Å²) in [5.74, 6) is 0.470. The Hall–Kier alpha value is -1.86. The van der Waals surface area contributed by atoms with E-state index in [-0.39, 0.29) is 24.0 Å². The van der Waals surface area contributed by atoms with E-state index in [9.17, 15) is 14.9 Å². The van der Waals surface area contributed by atoms with Crippen LogP contribution in [0.2, 0.25) is 0 Å². The standard InChI is InChI=1S/C15H22N4O3.ClH/c20-15(18-11-12-4-3-8-16-10-12)7-9-17-13-5-1-2-6-14(13)19(21)22;/h1-2,5-6,12,16-17H,3-4,7-11H2,(H,18,20);1H. The molecule has 2 rings (SSSR count). The zero-order chi connectivity index (χ0) is 15.8. The molecule has 0 bridgehead atoms. The van der Waals surface area contributed by atoms with E-state index in [1.165, 1.54) is 6.07 Å². The number of para-hydroxylation sites is 2. The van der Waals surface area contributed by atoms with Crippen LogP contribution in [-0.4, -0.2) is 37.0 Å². The molecule has 7 nitrogen and oxygen atoms in total. The Bertz CT molecular complexity index is 521. The number of nitro benzene ring substituents is 1. The van der Waals surface area contributed by atoms with E-state index in [1.807, 2.05) is 0 Å². The minimum Gasteiger partial charge on any atom is -0.379 e. The van der Waals surface area contributed by atoms with Crippen LogP contribution in [0, 0.1) is 16.0 Å². The quantitative estimate of drug-likeness (QED) is 0.519. The highest BCUT2D eigenvalue weighted by atomic mass is 35.5. The summed E-state index contributed by atoms with van der Waals surface area (Å²) in [4.78, 5) is 22.2. The van der Waals surface area contributed by atoms with Crippen LogP contribution < -0.4 is 16.0 Å². The summed E-state index contributed by atoms with van der Waals surface area (Å²) in [6, 6.07) is 6.43. The molecule has 8 heteroatoms. The maximum atomic E-state index is 11.8. The second kappa shape index (κ2) is 10.0. The largest absolute Gasteiger partial charge is 0.379 e. The van der Waals surface area contributed by atoms with E-state index in [1.54, 1.807) is 18.2 Å². The highest BCUT2D eigenvalue weighted by molar-refractivity contribution is 5.85. The lowest BCUT2D eigenvalue weighted by molar-refractivity contribution is -0.384. The van der Waals surface area contributed by atoms with Crippen molar-refractivity contribution < 1.29 is 9.72 Å². The van der Waals surface area contributed by atoms with Crippen LogP contribution in [0.1, 0.15) is 19.3 Å². The molecule has 1 saturated heterocycles. The number of nitrogens with one attached hydrogen (secondary N) is 3. The van der Waals surface area contributed by atoms with Crippen LogP contribution >= 0.6 is 12.4 Å². The number of carbonyl (C=O) groups excluding carboxylic acids is 1. The third kappa shape index (κ3) is 6.42. The van der Waals surface area contributed by atoms with Crippen molar-refractivity contribution in [1.82, 2.24) is 10.6 Å². The van der Waals surface area contributed by atoms with Crippen molar-refractivity contribution in [3.05, 3.63) is 34.4 Å². The number of carbonyl (C=O) groups is 1. The molecule has 1 aliphatic rings. The highest BCUT2D eigenvalue weighted by Gasteiger charge is 2.14. The van der Waals surface area contributed by atoms with Crippen LogP contribution in [0.15, 0.2) is 24.3 Å². The average Bonchev–Trinajstić information content (AvgIpc) is 2.54. The number of benzene rings is 1. The summed E-state index contributed by atoms with van der Waals surface area (Å²) < 4.78 is 0. The Labute approximate surface area is 141 Å². The van der Waals surface area contributed by atoms with Crippen LogP contribution in [0.4, 0.5) is 11.4 Å². The van der Waals surface area contributed by atoms with E-state index < -0.39 is 4.92 Å². The van der Waals surface area contributed by atoms with E-state index >= 15 is 0 Å². The van der Waals surface area contributed by atoms with E-state index in [0.717, 1.165) is 25.9 Å². The summed E-state index contributed by atoms with van der Waals surface area (Å²) in [5, 5.41) is 20.1. The minimum absolute atomic E-state index is 0. The van der Waals surface area contributed by atoms with Crippen molar-refractivity contribution in [1.29, 1.82) is 0 Å². The molecule has 128 valence electrons. The third-order valence-corrected chi connectivity index (χ3v) is 3.76. The van der Waals surface area contributed by atoms with Crippen LogP contribution in [0.5, 0.6) is 0 Å². The monoisotopic (exact) mass is 342 g/mol. The average molecular weight is 343 g/mol. The molecule has 1 atom stereocenters. The van der Waals surface area contributed by atoms with Crippen molar-refractivity contribution in [2.75, 3.05) is 31.5 Å². The lowest BCUT2D eigenvalue weighted by Gasteiger charge is -2.22. The highest BCUT2D eigenvalue weighted by Crippen LogP contribution is 2.22. The predicted octanol–water partition coefficient (Wildman–Crippen LogP) is 1.93. The molecule has 1 aromatic carbocycles. The number of anilines is 1. The van der Waals surface area contributed by atoms with Gasteiger partial charge in [-0.3, -0.25) is 14.9 Å². The van der Waals surface area contributed by atoms with Gasteiger partial charge in [-0.25, -0.2) is 0 Å². The molecule has 1 aliphatic heterocycles. The van der Waals surface area contributed by atoms with Gasteiger partial charge in [0.15, 0.2) is 0 Å². The predicted molar refractivity (Wildman–Crippen MR) is 92.1 cm³/mol. The number of rotatable bonds is 7. The number of nitrogens with zero attached hydrogens (tertiary/aromatic N) is 1. The molecule has 1 aromatic rings. The summed E-state index contributed by atoms with van der Waals surface area (Å²) in [6.07, 6.45) is 2.59. The third-order valence-electron chi connectivity index (χ3n) is 3.76. The van der Waals surface area contributed by atoms with Crippen molar-refractivity contribution >= 4 is 29.7 Å². The van der Waals surface area contributed by atoms with Gasteiger partial charge in [-0.15, -0.1) is 12.4 Å². The Morgan fingerprint density at radius 3 is 2.87 bits per heavy atom. The normalized spacial score (nSPS) is 17.0.